The topological polar surface area (TPSA) is 36.9 Å². The molecule has 3 aromatic carbocycles. The summed E-state index contributed by atoms with van der Waals surface area (Å²) in [6.45, 7) is 2.75. The second kappa shape index (κ2) is 15.7. The minimum Gasteiger partial charge on any atom is -0.494 e. The zero-order valence-corrected chi connectivity index (χ0v) is 25.3. The van der Waals surface area contributed by atoms with Crippen molar-refractivity contribution in [3.05, 3.63) is 95.5 Å². The molecule has 13 heteroatoms. The molecule has 0 spiro atoms. The van der Waals surface area contributed by atoms with Crippen LogP contribution in [0.4, 0.5) is 39.5 Å². The molecule has 0 atom stereocenters. The predicted molar refractivity (Wildman–Crippen MR) is 155 cm³/mol. The molecule has 0 heterocycles. The number of ether oxygens (including phenoxy) is 4. The highest BCUT2D eigenvalue weighted by Crippen LogP contribution is 2.41. The molecule has 0 saturated heterocycles. The van der Waals surface area contributed by atoms with Crippen LogP contribution in [-0.4, -0.2) is 12.7 Å². The van der Waals surface area contributed by atoms with Gasteiger partial charge in [0, 0.05) is 18.2 Å². The molecule has 1 fully saturated rings. The van der Waals surface area contributed by atoms with Gasteiger partial charge in [-0.3, -0.25) is 0 Å². The maximum absolute atomic E-state index is 14.7. The van der Waals surface area contributed by atoms with Crippen LogP contribution in [0.2, 0.25) is 0 Å². The van der Waals surface area contributed by atoms with E-state index in [4.69, 9.17) is 4.74 Å². The van der Waals surface area contributed by atoms with E-state index in [0.717, 1.165) is 44.3 Å². The SMILES string of the molecule is CCCCOc1ccc(C2CCC(CCC(F)(F)Oc3ccc(C(F)(F)Oc4cc(F)c(OC=C(F)F)c(F)c4)c(F)c3)CC2)cc1. The summed E-state index contributed by atoms with van der Waals surface area (Å²) in [6, 6.07) is 9.81. The Labute approximate surface area is 266 Å². The average molecular weight is 677 g/mol. The van der Waals surface area contributed by atoms with E-state index in [9.17, 15) is 39.5 Å². The summed E-state index contributed by atoms with van der Waals surface area (Å²) in [5.74, 6) is -7.01. The van der Waals surface area contributed by atoms with Crippen molar-refractivity contribution in [3.8, 4) is 23.0 Å². The van der Waals surface area contributed by atoms with Crippen molar-refractivity contribution in [1.82, 2.24) is 0 Å². The predicted octanol–water partition coefficient (Wildman–Crippen LogP) is 11.3. The molecule has 4 nitrogen and oxygen atoms in total. The minimum atomic E-state index is -4.53. The average Bonchev–Trinajstić information content (AvgIpc) is 3.00. The molecule has 3 aromatic rings. The lowest BCUT2D eigenvalue weighted by molar-refractivity contribution is -0.188. The van der Waals surface area contributed by atoms with Gasteiger partial charge in [0.25, 0.3) is 0 Å². The van der Waals surface area contributed by atoms with E-state index in [2.05, 4.69) is 21.1 Å². The molecule has 1 aliphatic carbocycles. The van der Waals surface area contributed by atoms with Gasteiger partial charge >= 0.3 is 18.3 Å². The second-order valence-corrected chi connectivity index (χ2v) is 11.3. The van der Waals surface area contributed by atoms with Crippen LogP contribution >= 0.6 is 0 Å². The first-order valence-electron chi connectivity index (χ1n) is 15.1. The van der Waals surface area contributed by atoms with E-state index < -0.39 is 65.0 Å². The summed E-state index contributed by atoms with van der Waals surface area (Å²) in [4.78, 5) is 0. The first-order valence-corrected chi connectivity index (χ1v) is 15.1. The van der Waals surface area contributed by atoms with Crippen molar-refractivity contribution in [2.75, 3.05) is 6.61 Å². The van der Waals surface area contributed by atoms with Crippen LogP contribution in [0.5, 0.6) is 23.0 Å². The van der Waals surface area contributed by atoms with Gasteiger partial charge in [-0.1, -0.05) is 25.5 Å². The fourth-order valence-corrected chi connectivity index (χ4v) is 5.36. The Hall–Kier alpha value is -4.03. The van der Waals surface area contributed by atoms with Gasteiger partial charge < -0.3 is 18.9 Å². The van der Waals surface area contributed by atoms with Gasteiger partial charge in [0.05, 0.1) is 13.0 Å². The molecule has 1 saturated carbocycles. The van der Waals surface area contributed by atoms with Gasteiger partial charge in [-0.05, 0) is 80.2 Å². The smallest absolute Gasteiger partial charge is 0.429 e. The molecule has 0 bridgehead atoms. The highest BCUT2D eigenvalue weighted by atomic mass is 19.3. The Morgan fingerprint density at radius 3 is 2.00 bits per heavy atom. The van der Waals surface area contributed by atoms with Gasteiger partial charge in [-0.15, -0.1) is 0 Å². The van der Waals surface area contributed by atoms with Crippen molar-refractivity contribution in [1.29, 1.82) is 0 Å². The molecule has 0 unspecified atom stereocenters. The van der Waals surface area contributed by atoms with E-state index in [1.165, 1.54) is 5.56 Å². The molecule has 0 amide bonds. The molecule has 0 aliphatic heterocycles. The maximum Gasteiger partial charge on any atom is 0.429 e. The first kappa shape index (κ1) is 35.8. The number of rotatable bonds is 15. The largest absolute Gasteiger partial charge is 0.494 e. The number of hydrogen-bond acceptors (Lipinski definition) is 4. The third kappa shape index (κ3) is 10.2. The minimum absolute atomic E-state index is 0.0314. The maximum atomic E-state index is 14.7. The number of unbranched alkanes of at least 4 members (excludes halogenated alkanes) is 1. The fraction of sp³-hybridized carbons (Fsp3) is 0.412. The Bertz CT molecular complexity index is 1480. The highest BCUT2D eigenvalue weighted by molar-refractivity contribution is 5.37. The van der Waals surface area contributed by atoms with Crippen LogP contribution < -0.4 is 18.9 Å². The molecule has 0 N–H and O–H groups in total. The Kier molecular flexibility index (Phi) is 12.0. The molecular formula is C34H33F9O4. The zero-order valence-electron chi connectivity index (χ0n) is 25.3. The lowest BCUT2D eigenvalue weighted by atomic mass is 9.77. The van der Waals surface area contributed by atoms with E-state index in [1.807, 2.05) is 24.3 Å². The van der Waals surface area contributed by atoms with E-state index in [0.29, 0.717) is 30.7 Å². The third-order valence-electron chi connectivity index (χ3n) is 7.81. The summed E-state index contributed by atoms with van der Waals surface area (Å²) in [5, 5.41) is 0. The molecule has 47 heavy (non-hydrogen) atoms. The monoisotopic (exact) mass is 676 g/mol. The van der Waals surface area contributed by atoms with Crippen molar-refractivity contribution in [2.24, 2.45) is 5.92 Å². The van der Waals surface area contributed by atoms with Gasteiger partial charge in [0.15, 0.2) is 23.6 Å². The summed E-state index contributed by atoms with van der Waals surface area (Å²) in [7, 11) is 0. The van der Waals surface area contributed by atoms with Crippen LogP contribution in [0.25, 0.3) is 0 Å². The van der Waals surface area contributed by atoms with E-state index in [1.54, 1.807) is 0 Å². The quantitative estimate of drug-likeness (QED) is 0.0912. The third-order valence-corrected chi connectivity index (χ3v) is 7.81. The van der Waals surface area contributed by atoms with Crippen molar-refractivity contribution < 1.29 is 58.5 Å². The lowest BCUT2D eigenvalue weighted by Crippen LogP contribution is -2.27. The zero-order chi connectivity index (χ0) is 34.2. The normalized spacial score (nSPS) is 16.8. The Morgan fingerprint density at radius 1 is 0.787 bits per heavy atom. The Morgan fingerprint density at radius 2 is 1.40 bits per heavy atom. The van der Waals surface area contributed by atoms with Crippen LogP contribution in [0, 0.1) is 23.4 Å². The number of benzene rings is 3. The van der Waals surface area contributed by atoms with Crippen LogP contribution in [-0.2, 0) is 6.11 Å². The second-order valence-electron chi connectivity index (χ2n) is 11.3. The number of halogens is 9. The first-order chi connectivity index (χ1) is 22.3. The van der Waals surface area contributed by atoms with Crippen molar-refractivity contribution >= 4 is 0 Å². The number of hydrogen-bond donors (Lipinski definition) is 0. The molecular weight excluding hydrogens is 643 g/mol. The molecule has 4 rings (SSSR count). The van der Waals surface area contributed by atoms with Crippen LogP contribution in [0.1, 0.15) is 75.3 Å². The van der Waals surface area contributed by atoms with E-state index in [-0.39, 0.29) is 30.7 Å². The van der Waals surface area contributed by atoms with Gasteiger partial charge in [-0.2, -0.15) is 26.3 Å². The van der Waals surface area contributed by atoms with Crippen molar-refractivity contribution in [3.63, 3.8) is 0 Å². The molecule has 0 aromatic heterocycles. The van der Waals surface area contributed by atoms with Crippen LogP contribution in [0.15, 0.2) is 66.9 Å². The summed E-state index contributed by atoms with van der Waals surface area (Å²) in [6.07, 6.45) is -6.27. The summed E-state index contributed by atoms with van der Waals surface area (Å²) in [5.41, 5.74) is -0.263. The fourth-order valence-electron chi connectivity index (χ4n) is 5.36. The van der Waals surface area contributed by atoms with Gasteiger partial charge in [-0.25, -0.2) is 13.2 Å². The summed E-state index contributed by atoms with van der Waals surface area (Å²) >= 11 is 0. The molecule has 1 aliphatic rings. The lowest BCUT2D eigenvalue weighted by Gasteiger charge is -2.30. The molecule has 0 radical (unpaired) electrons. The summed E-state index contributed by atoms with van der Waals surface area (Å²) < 4.78 is 144. The van der Waals surface area contributed by atoms with Crippen LogP contribution in [0.3, 0.4) is 0 Å². The van der Waals surface area contributed by atoms with E-state index >= 15 is 0 Å². The molecule has 256 valence electrons. The number of alkyl halides is 4. The van der Waals surface area contributed by atoms with Gasteiger partial charge in [0.1, 0.15) is 28.6 Å². The van der Waals surface area contributed by atoms with Crippen molar-refractivity contribution in [2.45, 2.75) is 76.4 Å². The highest BCUT2D eigenvalue weighted by Gasteiger charge is 2.39. The standard InChI is InChI=1S/C34H33F9O4/c1-2-3-16-44-24-10-8-23(9-11-24)22-6-4-21(5-7-22)14-15-33(40,41)46-25-12-13-27(28(35)17-25)34(42,43)47-26-18-29(36)32(30(37)19-26)45-20-31(38)39/h8-13,17-22H,2-7,14-16H2,1H3. The van der Waals surface area contributed by atoms with Gasteiger partial charge in [0.2, 0.25) is 0 Å². The Balaban J connectivity index is 1.28.